The summed E-state index contributed by atoms with van der Waals surface area (Å²) in [7, 11) is 0. The van der Waals surface area contributed by atoms with Gasteiger partial charge in [-0.3, -0.25) is 0 Å². The van der Waals surface area contributed by atoms with Crippen molar-refractivity contribution >= 4 is 0 Å². The predicted molar refractivity (Wildman–Crippen MR) is 16.6 cm³/mol. The number of rotatable bonds is 1. The molecule has 0 saturated carbocycles. The zero-order valence-corrected chi connectivity index (χ0v) is 2.97. The first-order valence-corrected chi connectivity index (χ1v) is 1.35. The lowest BCUT2D eigenvalue weighted by molar-refractivity contribution is 0.0142. The average molecular weight is 77.1 g/mol. The van der Waals surface area contributed by atoms with Gasteiger partial charge in [0, 0.05) is 0 Å². The summed E-state index contributed by atoms with van der Waals surface area (Å²) >= 11 is 0. The van der Waals surface area contributed by atoms with Crippen LogP contribution in [-0.4, -0.2) is 16.5 Å². The van der Waals surface area contributed by atoms with E-state index in [-0.39, 0.29) is 0 Å². The summed E-state index contributed by atoms with van der Waals surface area (Å²) < 4.78 is 0. The highest BCUT2D eigenvalue weighted by molar-refractivity contribution is 4.20. The minimum atomic E-state index is -0.810. The number of hydroxylamine groups is 1. The number of hydrogen-bond donors (Lipinski definition) is 3. The summed E-state index contributed by atoms with van der Waals surface area (Å²) in [6.45, 7) is 1.42. The Morgan fingerprint density at radius 2 is 2.00 bits per heavy atom. The summed E-state index contributed by atoms with van der Waals surface area (Å²) in [5.74, 6) is 0. The van der Waals surface area contributed by atoms with Gasteiger partial charge in [0.1, 0.15) is 6.23 Å². The van der Waals surface area contributed by atoms with Crippen LogP contribution in [0.1, 0.15) is 6.92 Å². The van der Waals surface area contributed by atoms with E-state index in [9.17, 15) is 0 Å². The molecule has 0 bridgehead atoms. The molecule has 0 aromatic rings. The SMILES string of the molecule is C[C@@H](O)NO. The molecule has 0 fully saturated rings. The van der Waals surface area contributed by atoms with Gasteiger partial charge < -0.3 is 10.3 Å². The number of aliphatic hydroxyl groups excluding tert-OH is 1. The van der Waals surface area contributed by atoms with Crippen LogP contribution in [0.15, 0.2) is 0 Å². The molecule has 0 aromatic carbocycles. The normalized spacial score (nSPS) is 15.0. The van der Waals surface area contributed by atoms with Crippen molar-refractivity contribution < 1.29 is 10.3 Å². The maximum absolute atomic E-state index is 8.00. The first kappa shape index (κ1) is 4.88. The fourth-order valence-electron chi connectivity index (χ4n) is 0. The quantitative estimate of drug-likeness (QED) is 0.286. The lowest BCUT2D eigenvalue weighted by Crippen LogP contribution is -2.20. The summed E-state index contributed by atoms with van der Waals surface area (Å²) in [6.07, 6.45) is -0.810. The van der Waals surface area contributed by atoms with Crippen LogP contribution in [0.2, 0.25) is 0 Å². The van der Waals surface area contributed by atoms with Crippen molar-refractivity contribution in [3.05, 3.63) is 0 Å². The van der Waals surface area contributed by atoms with E-state index in [0.29, 0.717) is 0 Å². The van der Waals surface area contributed by atoms with E-state index in [2.05, 4.69) is 0 Å². The average Bonchev–Trinajstić information content (AvgIpc) is 1.38. The number of aliphatic hydroxyl groups is 1. The number of nitrogens with one attached hydrogen (secondary N) is 1. The third-order valence-corrected chi connectivity index (χ3v) is 0.187. The Morgan fingerprint density at radius 1 is 1.80 bits per heavy atom. The van der Waals surface area contributed by atoms with Crippen molar-refractivity contribution in [1.82, 2.24) is 5.48 Å². The molecule has 5 heavy (non-hydrogen) atoms. The molecule has 0 saturated heterocycles. The molecule has 0 aromatic heterocycles. The van der Waals surface area contributed by atoms with Gasteiger partial charge in [0.15, 0.2) is 0 Å². The van der Waals surface area contributed by atoms with E-state index in [1.54, 1.807) is 5.48 Å². The van der Waals surface area contributed by atoms with E-state index in [1.807, 2.05) is 0 Å². The smallest absolute Gasteiger partial charge is 0.124 e. The molecule has 0 unspecified atom stereocenters. The Kier molecular flexibility index (Phi) is 2.09. The Balaban J connectivity index is 2.54. The van der Waals surface area contributed by atoms with Crippen LogP contribution in [0.3, 0.4) is 0 Å². The lowest BCUT2D eigenvalue weighted by atomic mass is 10.7. The molecule has 0 aliphatic carbocycles. The van der Waals surface area contributed by atoms with Crippen LogP contribution in [0.4, 0.5) is 0 Å². The van der Waals surface area contributed by atoms with Crippen molar-refractivity contribution in [2.24, 2.45) is 0 Å². The van der Waals surface area contributed by atoms with Crippen molar-refractivity contribution in [3.63, 3.8) is 0 Å². The van der Waals surface area contributed by atoms with Crippen LogP contribution in [0.25, 0.3) is 0 Å². The second-order valence-electron chi connectivity index (χ2n) is 0.805. The zero-order valence-electron chi connectivity index (χ0n) is 2.97. The molecule has 3 heteroatoms. The third kappa shape index (κ3) is 3.88. The Labute approximate surface area is 30.2 Å². The van der Waals surface area contributed by atoms with Gasteiger partial charge in [0.25, 0.3) is 0 Å². The number of hydrogen-bond acceptors (Lipinski definition) is 3. The summed E-state index contributed by atoms with van der Waals surface area (Å²) in [5.41, 5.74) is 1.58. The van der Waals surface area contributed by atoms with Crippen LogP contribution >= 0.6 is 0 Å². The third-order valence-electron chi connectivity index (χ3n) is 0.187. The van der Waals surface area contributed by atoms with Crippen LogP contribution in [-0.2, 0) is 0 Å². The topological polar surface area (TPSA) is 52.5 Å². The van der Waals surface area contributed by atoms with Crippen molar-refractivity contribution in [3.8, 4) is 0 Å². The summed E-state index contributed by atoms with van der Waals surface area (Å²) in [4.78, 5) is 0. The Hall–Kier alpha value is -0.120. The van der Waals surface area contributed by atoms with Gasteiger partial charge in [0.2, 0.25) is 0 Å². The molecule has 0 radical (unpaired) electrons. The molecule has 0 aliphatic rings. The fourth-order valence-corrected chi connectivity index (χ4v) is 0. The molecule has 1 atom stereocenters. The maximum Gasteiger partial charge on any atom is 0.124 e. The fraction of sp³-hybridized carbons (Fsp3) is 1.00. The highest BCUT2D eigenvalue weighted by Gasteiger charge is 1.80. The van der Waals surface area contributed by atoms with Crippen LogP contribution in [0.5, 0.6) is 0 Å². The molecule has 32 valence electrons. The Bertz CT molecular complexity index is 21.6. The minimum Gasteiger partial charge on any atom is -0.377 e. The van der Waals surface area contributed by atoms with Gasteiger partial charge in [-0.25, -0.2) is 0 Å². The van der Waals surface area contributed by atoms with Gasteiger partial charge in [0.05, 0.1) is 0 Å². The first-order valence-electron chi connectivity index (χ1n) is 1.35. The highest BCUT2D eigenvalue weighted by Crippen LogP contribution is 1.59. The second-order valence-corrected chi connectivity index (χ2v) is 0.805. The molecule has 0 heterocycles. The molecule has 3 N–H and O–H groups in total. The minimum absolute atomic E-state index is 0.810. The van der Waals surface area contributed by atoms with Crippen molar-refractivity contribution in [2.75, 3.05) is 0 Å². The molecule has 3 nitrogen and oxygen atoms in total. The zero-order chi connectivity index (χ0) is 4.28. The van der Waals surface area contributed by atoms with E-state index < -0.39 is 6.23 Å². The van der Waals surface area contributed by atoms with Gasteiger partial charge in [-0.15, -0.1) is 0 Å². The summed E-state index contributed by atoms with van der Waals surface area (Å²) in [5, 5.41) is 15.6. The van der Waals surface area contributed by atoms with E-state index in [1.165, 1.54) is 6.92 Å². The Morgan fingerprint density at radius 3 is 2.00 bits per heavy atom. The van der Waals surface area contributed by atoms with Crippen molar-refractivity contribution in [1.29, 1.82) is 0 Å². The molecular formula is C2H7NO2. The van der Waals surface area contributed by atoms with Gasteiger partial charge in [-0.2, -0.15) is 5.48 Å². The largest absolute Gasteiger partial charge is 0.377 e. The highest BCUT2D eigenvalue weighted by atomic mass is 16.5. The lowest BCUT2D eigenvalue weighted by Gasteiger charge is -1.93. The maximum atomic E-state index is 8.00. The standard InChI is InChI=1S/C2H7NO2/c1-2(4)3-5/h2-5H,1H3/t2-/m1/s1. The van der Waals surface area contributed by atoms with Gasteiger partial charge >= 0.3 is 0 Å². The van der Waals surface area contributed by atoms with Crippen LogP contribution < -0.4 is 5.48 Å². The predicted octanol–water partition coefficient (Wildman–Crippen LogP) is -0.697. The molecular weight excluding hydrogens is 70.0 g/mol. The van der Waals surface area contributed by atoms with Crippen molar-refractivity contribution in [2.45, 2.75) is 13.2 Å². The van der Waals surface area contributed by atoms with E-state index >= 15 is 0 Å². The molecule has 0 spiro atoms. The monoisotopic (exact) mass is 77.0 g/mol. The van der Waals surface area contributed by atoms with E-state index in [4.69, 9.17) is 10.3 Å². The van der Waals surface area contributed by atoms with Gasteiger partial charge in [-0.1, -0.05) is 0 Å². The summed E-state index contributed by atoms with van der Waals surface area (Å²) in [6, 6.07) is 0. The van der Waals surface area contributed by atoms with Crippen LogP contribution in [0, 0.1) is 0 Å². The molecule has 0 amide bonds. The van der Waals surface area contributed by atoms with E-state index in [0.717, 1.165) is 0 Å². The molecule has 0 aliphatic heterocycles. The second kappa shape index (κ2) is 2.14. The van der Waals surface area contributed by atoms with Gasteiger partial charge in [-0.05, 0) is 6.92 Å². The first-order chi connectivity index (χ1) is 2.27. The molecule has 0 rings (SSSR count).